The fourth-order valence-electron chi connectivity index (χ4n) is 1.97. The normalized spacial score (nSPS) is 11.3. The Bertz CT molecular complexity index is 825. The third-order valence-corrected chi connectivity index (χ3v) is 3.21. The molecule has 5 heteroatoms. The summed E-state index contributed by atoms with van der Waals surface area (Å²) in [5.74, 6) is 0.535. The second-order valence-electron chi connectivity index (χ2n) is 4.43. The number of aromatic amines is 1. The third kappa shape index (κ3) is 2.88. The van der Waals surface area contributed by atoms with Crippen molar-refractivity contribution in [2.45, 2.75) is 0 Å². The molecule has 0 aliphatic heterocycles. The van der Waals surface area contributed by atoms with E-state index in [1.807, 2.05) is 36.4 Å². The van der Waals surface area contributed by atoms with Crippen LogP contribution in [0.2, 0.25) is 5.02 Å². The van der Waals surface area contributed by atoms with Crippen molar-refractivity contribution in [3.8, 4) is 6.07 Å². The van der Waals surface area contributed by atoms with Gasteiger partial charge in [0.05, 0.1) is 11.0 Å². The van der Waals surface area contributed by atoms with Gasteiger partial charge in [0.25, 0.3) is 0 Å². The average Bonchev–Trinajstić information content (AvgIpc) is 2.91. The molecule has 4 nitrogen and oxygen atoms in total. The third-order valence-electron chi connectivity index (χ3n) is 2.97. The number of fused-ring (bicyclic) bond motifs is 1. The summed E-state index contributed by atoms with van der Waals surface area (Å²) < 4.78 is 0. The zero-order valence-corrected chi connectivity index (χ0v) is 11.7. The number of imidazole rings is 1. The second-order valence-corrected chi connectivity index (χ2v) is 4.86. The number of hydrogen-bond acceptors (Lipinski definition) is 3. The molecule has 2 aromatic carbocycles. The van der Waals surface area contributed by atoms with Crippen LogP contribution in [0.15, 0.2) is 54.7 Å². The molecular formula is C16H11ClN4. The molecule has 0 fully saturated rings. The summed E-state index contributed by atoms with van der Waals surface area (Å²) in [6, 6.07) is 17.1. The quantitative estimate of drug-likeness (QED) is 0.712. The van der Waals surface area contributed by atoms with Crippen molar-refractivity contribution in [1.82, 2.24) is 9.97 Å². The maximum absolute atomic E-state index is 9.29. The fourth-order valence-corrected chi connectivity index (χ4v) is 2.16. The number of para-hydroxylation sites is 2. The van der Waals surface area contributed by atoms with Gasteiger partial charge >= 0.3 is 0 Å². The van der Waals surface area contributed by atoms with E-state index in [0.717, 1.165) is 16.7 Å². The number of nitrogens with zero attached hydrogens (tertiary/aromatic N) is 2. The van der Waals surface area contributed by atoms with Crippen molar-refractivity contribution >= 4 is 33.9 Å². The van der Waals surface area contributed by atoms with Gasteiger partial charge in [-0.3, -0.25) is 0 Å². The number of rotatable bonds is 3. The standard InChI is InChI=1S/C16H11ClN4/c17-12-4-3-5-13(8-12)19-10-11(9-18)16-20-14-6-1-2-7-15(14)21-16/h1-8,10,19H,(H,20,21). The molecule has 0 spiro atoms. The second kappa shape index (κ2) is 5.70. The highest BCUT2D eigenvalue weighted by molar-refractivity contribution is 6.30. The van der Waals surface area contributed by atoms with Crippen LogP contribution < -0.4 is 5.32 Å². The van der Waals surface area contributed by atoms with E-state index in [4.69, 9.17) is 11.6 Å². The molecule has 3 rings (SSSR count). The van der Waals surface area contributed by atoms with Gasteiger partial charge < -0.3 is 10.3 Å². The minimum Gasteiger partial charge on any atom is -0.360 e. The number of hydrogen-bond donors (Lipinski definition) is 2. The Morgan fingerprint density at radius 3 is 2.86 bits per heavy atom. The molecule has 0 bridgehead atoms. The van der Waals surface area contributed by atoms with E-state index in [0.29, 0.717) is 16.4 Å². The monoisotopic (exact) mass is 294 g/mol. The van der Waals surface area contributed by atoms with Crippen LogP contribution >= 0.6 is 11.6 Å². The van der Waals surface area contributed by atoms with E-state index in [9.17, 15) is 5.26 Å². The largest absolute Gasteiger partial charge is 0.360 e. The first kappa shape index (κ1) is 13.2. The van der Waals surface area contributed by atoms with E-state index in [-0.39, 0.29) is 0 Å². The molecule has 0 amide bonds. The van der Waals surface area contributed by atoms with Gasteiger partial charge in [-0.15, -0.1) is 0 Å². The lowest BCUT2D eigenvalue weighted by molar-refractivity contribution is 1.27. The smallest absolute Gasteiger partial charge is 0.150 e. The zero-order chi connectivity index (χ0) is 14.7. The van der Waals surface area contributed by atoms with Crippen LogP contribution in [0.5, 0.6) is 0 Å². The molecule has 21 heavy (non-hydrogen) atoms. The average molecular weight is 295 g/mol. The van der Waals surface area contributed by atoms with Crippen LogP contribution in [0.3, 0.4) is 0 Å². The van der Waals surface area contributed by atoms with Crippen LogP contribution in [0.4, 0.5) is 5.69 Å². The van der Waals surface area contributed by atoms with Crippen LogP contribution in [-0.2, 0) is 0 Å². The molecular weight excluding hydrogens is 284 g/mol. The number of allylic oxidation sites excluding steroid dienone is 1. The summed E-state index contributed by atoms with van der Waals surface area (Å²) in [4.78, 5) is 7.53. The topological polar surface area (TPSA) is 64.5 Å². The van der Waals surface area contributed by atoms with Crippen molar-refractivity contribution in [3.05, 3.63) is 65.6 Å². The van der Waals surface area contributed by atoms with Gasteiger partial charge in [0.2, 0.25) is 0 Å². The van der Waals surface area contributed by atoms with Crippen molar-refractivity contribution in [3.63, 3.8) is 0 Å². The van der Waals surface area contributed by atoms with E-state index in [1.54, 1.807) is 18.3 Å². The molecule has 0 saturated heterocycles. The Morgan fingerprint density at radius 1 is 1.24 bits per heavy atom. The highest BCUT2D eigenvalue weighted by atomic mass is 35.5. The number of H-pyrrole nitrogens is 1. The van der Waals surface area contributed by atoms with Gasteiger partial charge in [-0.05, 0) is 30.3 Å². The lowest BCUT2D eigenvalue weighted by Gasteiger charge is -2.01. The van der Waals surface area contributed by atoms with Gasteiger partial charge in [-0.2, -0.15) is 5.26 Å². The van der Waals surface area contributed by atoms with Crippen LogP contribution in [-0.4, -0.2) is 9.97 Å². The Hall–Kier alpha value is -2.77. The summed E-state index contributed by atoms with van der Waals surface area (Å²) in [6.45, 7) is 0. The summed E-state index contributed by atoms with van der Waals surface area (Å²) in [6.07, 6.45) is 1.61. The fraction of sp³-hybridized carbons (Fsp3) is 0. The first-order valence-corrected chi connectivity index (χ1v) is 6.71. The highest BCUT2D eigenvalue weighted by Crippen LogP contribution is 2.18. The molecule has 2 N–H and O–H groups in total. The van der Waals surface area contributed by atoms with Gasteiger partial charge in [0.15, 0.2) is 5.82 Å². The Labute approximate surface area is 126 Å². The molecule has 1 aromatic heterocycles. The first-order valence-electron chi connectivity index (χ1n) is 6.34. The van der Waals surface area contributed by atoms with E-state index < -0.39 is 0 Å². The molecule has 1 heterocycles. The number of nitrogens with one attached hydrogen (secondary N) is 2. The number of halogens is 1. The molecule has 0 aliphatic carbocycles. The molecule has 0 saturated carbocycles. The van der Waals surface area contributed by atoms with Crippen molar-refractivity contribution < 1.29 is 0 Å². The molecule has 102 valence electrons. The predicted molar refractivity (Wildman–Crippen MR) is 84.8 cm³/mol. The minimum absolute atomic E-state index is 0.422. The minimum atomic E-state index is 0.422. The SMILES string of the molecule is N#CC(=CNc1cccc(Cl)c1)c1nc2ccccc2[nH]1. The zero-order valence-electron chi connectivity index (χ0n) is 11.0. The van der Waals surface area contributed by atoms with Gasteiger partial charge in [-0.1, -0.05) is 29.8 Å². The van der Waals surface area contributed by atoms with E-state index in [1.165, 1.54) is 0 Å². The van der Waals surface area contributed by atoms with Crippen molar-refractivity contribution in [2.75, 3.05) is 5.32 Å². The molecule has 3 aromatic rings. The Kier molecular flexibility index (Phi) is 3.59. The summed E-state index contributed by atoms with van der Waals surface area (Å²) >= 11 is 5.92. The summed E-state index contributed by atoms with van der Waals surface area (Å²) in [5, 5.41) is 13.0. The van der Waals surface area contributed by atoms with Crippen LogP contribution in [0.1, 0.15) is 5.82 Å². The van der Waals surface area contributed by atoms with Crippen molar-refractivity contribution in [2.24, 2.45) is 0 Å². The maximum Gasteiger partial charge on any atom is 0.150 e. The van der Waals surface area contributed by atoms with E-state index >= 15 is 0 Å². The number of benzene rings is 2. The molecule has 0 radical (unpaired) electrons. The maximum atomic E-state index is 9.29. The van der Waals surface area contributed by atoms with Crippen molar-refractivity contribution in [1.29, 1.82) is 5.26 Å². The Morgan fingerprint density at radius 2 is 2.10 bits per heavy atom. The lowest BCUT2D eigenvalue weighted by atomic mass is 10.3. The molecule has 0 atom stereocenters. The number of nitriles is 1. The molecule has 0 aliphatic rings. The van der Waals surface area contributed by atoms with E-state index in [2.05, 4.69) is 21.4 Å². The van der Waals surface area contributed by atoms with Gasteiger partial charge in [0, 0.05) is 16.9 Å². The summed E-state index contributed by atoms with van der Waals surface area (Å²) in [7, 11) is 0. The molecule has 0 unspecified atom stereocenters. The number of aromatic nitrogens is 2. The first-order chi connectivity index (χ1) is 10.3. The van der Waals surface area contributed by atoms with Gasteiger partial charge in [0.1, 0.15) is 11.6 Å². The number of anilines is 1. The Balaban J connectivity index is 1.91. The highest BCUT2D eigenvalue weighted by Gasteiger charge is 2.07. The van der Waals surface area contributed by atoms with Crippen LogP contribution in [0.25, 0.3) is 16.6 Å². The summed E-state index contributed by atoms with van der Waals surface area (Å²) in [5.41, 5.74) is 2.96. The lowest BCUT2D eigenvalue weighted by Crippen LogP contribution is -1.92. The predicted octanol–water partition coefficient (Wildman–Crippen LogP) is 4.19. The van der Waals surface area contributed by atoms with Gasteiger partial charge in [-0.25, -0.2) is 4.98 Å². The van der Waals surface area contributed by atoms with Crippen LogP contribution in [0, 0.1) is 11.3 Å².